The van der Waals surface area contributed by atoms with Crippen LogP contribution >= 0.6 is 11.6 Å². The zero-order valence-corrected chi connectivity index (χ0v) is 14.2. The molecular weight excluding hydrogens is 332 g/mol. The van der Waals surface area contributed by atoms with Crippen LogP contribution in [0.3, 0.4) is 0 Å². The van der Waals surface area contributed by atoms with Gasteiger partial charge < -0.3 is 15.3 Å². The lowest BCUT2D eigenvalue weighted by Gasteiger charge is -2.02. The minimum Gasteiger partial charge on any atom is -0.464 e. The molecule has 0 saturated carbocycles. The predicted molar refractivity (Wildman–Crippen MR) is 94.1 cm³/mol. The van der Waals surface area contributed by atoms with Crippen molar-refractivity contribution in [3.05, 3.63) is 35.0 Å². The molecule has 2 aromatic rings. The van der Waals surface area contributed by atoms with Crippen molar-refractivity contribution in [2.24, 2.45) is 4.99 Å². The van der Waals surface area contributed by atoms with E-state index in [0.717, 1.165) is 36.3 Å². The third-order valence-electron chi connectivity index (χ3n) is 3.38. The number of rotatable bonds is 3. The van der Waals surface area contributed by atoms with Crippen molar-refractivity contribution in [2.75, 3.05) is 27.2 Å². The zero-order valence-electron chi connectivity index (χ0n) is 13.5. The van der Waals surface area contributed by atoms with Gasteiger partial charge in [-0.05, 0) is 17.7 Å². The van der Waals surface area contributed by atoms with Crippen LogP contribution in [0.1, 0.15) is 5.56 Å². The van der Waals surface area contributed by atoms with Crippen molar-refractivity contribution in [3.63, 3.8) is 0 Å². The molecule has 0 saturated heterocycles. The monoisotopic (exact) mass is 350 g/mol. The van der Waals surface area contributed by atoms with E-state index in [4.69, 9.17) is 11.6 Å². The second kappa shape index (κ2) is 7.83. The SMILES string of the molecule is CN(C)C=O.O=C(O)n1cc(CC2=NCCN2)c2c(Cl)cccc21. The molecule has 7 nitrogen and oxygen atoms in total. The lowest BCUT2D eigenvalue weighted by molar-refractivity contribution is -0.115. The van der Waals surface area contributed by atoms with Crippen molar-refractivity contribution in [1.29, 1.82) is 0 Å². The third kappa shape index (κ3) is 4.05. The standard InChI is InChI=1S/C13H12ClN3O2.C3H7NO/c14-9-2-1-3-10-12(9)8(7-17(10)13(18)19)6-11-15-4-5-16-11;1-4(2)3-5/h1-3,7H,4-6H2,(H,15,16)(H,18,19);3H,1-2H3. The summed E-state index contributed by atoms with van der Waals surface area (Å²) in [5.74, 6) is 0.879. The second-order valence-electron chi connectivity index (χ2n) is 5.44. The fraction of sp³-hybridized carbons (Fsp3) is 0.312. The highest BCUT2D eigenvalue weighted by Gasteiger charge is 2.17. The highest BCUT2D eigenvalue weighted by Crippen LogP contribution is 2.29. The Labute approximate surface area is 144 Å². The van der Waals surface area contributed by atoms with Gasteiger partial charge in [0.15, 0.2) is 0 Å². The predicted octanol–water partition coefficient (Wildman–Crippen LogP) is 2.07. The van der Waals surface area contributed by atoms with Crippen LogP contribution in [0.4, 0.5) is 4.79 Å². The number of amides is 1. The summed E-state index contributed by atoms with van der Waals surface area (Å²) in [6.45, 7) is 1.60. The second-order valence-corrected chi connectivity index (χ2v) is 5.85. The molecule has 0 spiro atoms. The quantitative estimate of drug-likeness (QED) is 0.830. The topological polar surface area (TPSA) is 86.9 Å². The molecule has 1 amide bonds. The van der Waals surface area contributed by atoms with Gasteiger partial charge in [-0.25, -0.2) is 4.79 Å². The summed E-state index contributed by atoms with van der Waals surface area (Å²) >= 11 is 6.20. The maximum absolute atomic E-state index is 11.3. The first-order valence-electron chi connectivity index (χ1n) is 7.34. The van der Waals surface area contributed by atoms with Crippen LogP contribution in [0.2, 0.25) is 5.02 Å². The molecule has 0 bridgehead atoms. The molecule has 0 radical (unpaired) electrons. The van der Waals surface area contributed by atoms with Crippen LogP contribution in [0.15, 0.2) is 29.4 Å². The van der Waals surface area contributed by atoms with E-state index < -0.39 is 6.09 Å². The summed E-state index contributed by atoms with van der Waals surface area (Å²) in [6.07, 6.45) is 1.92. The molecule has 0 unspecified atom stereocenters. The number of aromatic nitrogens is 1. The van der Waals surface area contributed by atoms with Crippen LogP contribution in [-0.2, 0) is 11.2 Å². The van der Waals surface area contributed by atoms with Gasteiger partial charge in [-0.15, -0.1) is 0 Å². The summed E-state index contributed by atoms with van der Waals surface area (Å²) in [7, 11) is 3.38. The molecule has 1 aliphatic rings. The van der Waals surface area contributed by atoms with E-state index in [0.29, 0.717) is 17.0 Å². The van der Waals surface area contributed by atoms with Crippen molar-refractivity contribution < 1.29 is 14.7 Å². The Morgan fingerprint density at radius 2 is 2.21 bits per heavy atom. The number of nitrogens with one attached hydrogen (secondary N) is 1. The van der Waals surface area contributed by atoms with Crippen molar-refractivity contribution in [3.8, 4) is 0 Å². The number of carbonyl (C=O) groups excluding carboxylic acids is 1. The molecule has 0 fully saturated rings. The molecule has 2 N–H and O–H groups in total. The van der Waals surface area contributed by atoms with E-state index in [1.807, 2.05) is 0 Å². The largest absolute Gasteiger partial charge is 0.464 e. The Bertz CT molecular complexity index is 783. The van der Waals surface area contributed by atoms with Crippen molar-refractivity contribution >= 4 is 40.8 Å². The fourth-order valence-electron chi connectivity index (χ4n) is 2.36. The van der Waals surface area contributed by atoms with Gasteiger partial charge >= 0.3 is 6.09 Å². The van der Waals surface area contributed by atoms with Crippen LogP contribution in [0.25, 0.3) is 10.9 Å². The van der Waals surface area contributed by atoms with Gasteiger partial charge in [0, 0.05) is 38.6 Å². The smallest absolute Gasteiger partial charge is 0.416 e. The van der Waals surface area contributed by atoms with Gasteiger partial charge in [0.2, 0.25) is 6.41 Å². The van der Waals surface area contributed by atoms with Crippen LogP contribution < -0.4 is 5.32 Å². The Morgan fingerprint density at radius 1 is 1.50 bits per heavy atom. The Balaban J connectivity index is 0.000000368. The van der Waals surface area contributed by atoms with Gasteiger partial charge in [0.1, 0.15) is 5.84 Å². The number of carbonyl (C=O) groups is 2. The number of hydrogen-bond acceptors (Lipinski definition) is 4. The van der Waals surface area contributed by atoms with Crippen LogP contribution in [0, 0.1) is 0 Å². The number of nitrogens with zero attached hydrogens (tertiary/aromatic N) is 3. The minimum absolute atomic E-state index is 0.561. The lowest BCUT2D eigenvalue weighted by atomic mass is 10.1. The van der Waals surface area contributed by atoms with Crippen molar-refractivity contribution in [2.45, 2.75) is 6.42 Å². The number of fused-ring (bicyclic) bond motifs is 1. The van der Waals surface area contributed by atoms with Gasteiger partial charge in [-0.3, -0.25) is 14.4 Å². The van der Waals surface area contributed by atoms with E-state index in [1.165, 1.54) is 9.47 Å². The first-order valence-corrected chi connectivity index (χ1v) is 7.72. The van der Waals surface area contributed by atoms with E-state index >= 15 is 0 Å². The Morgan fingerprint density at radius 3 is 2.75 bits per heavy atom. The average Bonchev–Trinajstić information content (AvgIpc) is 3.17. The van der Waals surface area contributed by atoms with E-state index in [2.05, 4.69) is 10.3 Å². The molecule has 1 aliphatic heterocycles. The molecule has 1 aromatic heterocycles. The molecule has 1 aromatic carbocycles. The molecule has 128 valence electrons. The lowest BCUT2D eigenvalue weighted by Crippen LogP contribution is -2.20. The molecule has 2 heterocycles. The third-order valence-corrected chi connectivity index (χ3v) is 3.69. The molecule has 8 heteroatoms. The number of amidine groups is 1. The summed E-state index contributed by atoms with van der Waals surface area (Å²) in [6, 6.07) is 5.27. The maximum Gasteiger partial charge on any atom is 0.416 e. The van der Waals surface area contributed by atoms with Gasteiger partial charge in [-0.1, -0.05) is 17.7 Å². The number of aliphatic imine (C=N–C) groups is 1. The Hall–Kier alpha value is -2.54. The van der Waals surface area contributed by atoms with Crippen LogP contribution in [0.5, 0.6) is 0 Å². The molecule has 3 rings (SSSR count). The molecule has 0 atom stereocenters. The van der Waals surface area contributed by atoms with Crippen LogP contribution in [-0.4, -0.2) is 60.1 Å². The number of carboxylic acid groups (broad SMARTS) is 1. The normalized spacial score (nSPS) is 12.9. The molecule has 24 heavy (non-hydrogen) atoms. The summed E-state index contributed by atoms with van der Waals surface area (Å²) in [5, 5.41) is 13.7. The first kappa shape index (κ1) is 17.8. The van der Waals surface area contributed by atoms with Gasteiger partial charge in [0.25, 0.3) is 0 Å². The van der Waals surface area contributed by atoms with E-state index in [-0.39, 0.29) is 0 Å². The maximum atomic E-state index is 11.3. The minimum atomic E-state index is -1.01. The van der Waals surface area contributed by atoms with Crippen molar-refractivity contribution in [1.82, 2.24) is 14.8 Å². The highest BCUT2D eigenvalue weighted by molar-refractivity contribution is 6.36. The summed E-state index contributed by atoms with van der Waals surface area (Å²) in [5.41, 5.74) is 1.48. The number of hydrogen-bond donors (Lipinski definition) is 2. The van der Waals surface area contributed by atoms with Gasteiger partial charge in [-0.2, -0.15) is 0 Å². The average molecular weight is 351 g/mol. The highest BCUT2D eigenvalue weighted by atomic mass is 35.5. The molecule has 0 aliphatic carbocycles. The zero-order chi connectivity index (χ0) is 17.7. The Kier molecular flexibility index (Phi) is 5.81. The first-order chi connectivity index (χ1) is 11.4. The summed E-state index contributed by atoms with van der Waals surface area (Å²) < 4.78 is 1.20. The summed E-state index contributed by atoms with van der Waals surface area (Å²) in [4.78, 5) is 26.5. The fourth-order valence-corrected chi connectivity index (χ4v) is 2.65. The number of benzene rings is 1. The molecular formula is C16H19ClN4O3. The van der Waals surface area contributed by atoms with Gasteiger partial charge in [0.05, 0.1) is 17.1 Å². The van der Waals surface area contributed by atoms with E-state index in [1.54, 1.807) is 38.5 Å². The number of halogens is 1. The van der Waals surface area contributed by atoms with E-state index in [9.17, 15) is 14.7 Å².